The van der Waals surface area contributed by atoms with Crippen molar-refractivity contribution in [2.75, 3.05) is 25.5 Å². The van der Waals surface area contributed by atoms with Gasteiger partial charge in [-0.3, -0.25) is 4.79 Å². The highest BCUT2D eigenvalue weighted by Crippen LogP contribution is 2.44. The number of carboxylic acid groups (broad SMARTS) is 1. The SMILES string of the molecule is CC1SCC(C(=O)O)N1C(=O)[C@@H]1OCC[C@@H]1CNC(=O)OCC1c2ccccc2-c2ccccc21. The zero-order valence-electron chi connectivity index (χ0n) is 19.4. The maximum atomic E-state index is 13.1. The summed E-state index contributed by atoms with van der Waals surface area (Å²) in [6.07, 6.45) is -0.710. The van der Waals surface area contributed by atoms with E-state index in [-0.39, 0.29) is 36.3 Å². The molecule has 8 nitrogen and oxygen atoms in total. The van der Waals surface area contributed by atoms with Gasteiger partial charge >= 0.3 is 12.1 Å². The summed E-state index contributed by atoms with van der Waals surface area (Å²) in [4.78, 5) is 38.7. The first-order chi connectivity index (χ1) is 17.0. The molecule has 2 N–H and O–H groups in total. The Morgan fingerprint density at radius 3 is 2.43 bits per heavy atom. The van der Waals surface area contributed by atoms with Gasteiger partial charge in [0.1, 0.15) is 18.8 Å². The monoisotopic (exact) mass is 496 g/mol. The van der Waals surface area contributed by atoms with Crippen LogP contribution in [0.1, 0.15) is 30.4 Å². The number of hydrogen-bond acceptors (Lipinski definition) is 6. The fraction of sp³-hybridized carbons (Fsp3) is 0.423. The molecule has 2 aliphatic heterocycles. The van der Waals surface area contributed by atoms with Crippen LogP contribution in [-0.4, -0.2) is 71.0 Å². The minimum absolute atomic E-state index is 0.0283. The van der Waals surface area contributed by atoms with Crippen LogP contribution < -0.4 is 5.32 Å². The predicted octanol–water partition coefficient (Wildman–Crippen LogP) is 3.30. The third-order valence-electron chi connectivity index (χ3n) is 7.07. The molecule has 0 saturated carbocycles. The lowest BCUT2D eigenvalue weighted by Crippen LogP contribution is -2.51. The number of alkyl carbamates (subject to hydrolysis) is 1. The van der Waals surface area contributed by atoms with Crippen molar-refractivity contribution < 1.29 is 29.0 Å². The van der Waals surface area contributed by atoms with Gasteiger partial charge in [-0.2, -0.15) is 0 Å². The van der Waals surface area contributed by atoms with Gasteiger partial charge in [0.05, 0.1) is 5.37 Å². The number of rotatable bonds is 6. The van der Waals surface area contributed by atoms with Crippen LogP contribution in [0.15, 0.2) is 48.5 Å². The summed E-state index contributed by atoms with van der Waals surface area (Å²) in [6.45, 7) is 2.65. The molecule has 2 fully saturated rings. The highest BCUT2D eigenvalue weighted by Gasteiger charge is 2.45. The molecule has 2 heterocycles. The third-order valence-corrected chi connectivity index (χ3v) is 8.29. The fourth-order valence-corrected chi connectivity index (χ4v) is 6.47. The number of hydrogen-bond donors (Lipinski definition) is 2. The average molecular weight is 497 g/mol. The number of carbonyl (C=O) groups is 3. The summed E-state index contributed by atoms with van der Waals surface area (Å²) in [5, 5.41) is 12.0. The van der Waals surface area contributed by atoms with Crippen LogP contribution in [0.25, 0.3) is 11.1 Å². The molecule has 2 saturated heterocycles. The van der Waals surface area contributed by atoms with Gasteiger partial charge in [0.25, 0.3) is 5.91 Å². The molecule has 1 aliphatic carbocycles. The first kappa shape index (κ1) is 23.7. The van der Waals surface area contributed by atoms with Crippen LogP contribution in [0.2, 0.25) is 0 Å². The second-order valence-corrected chi connectivity index (χ2v) is 10.4. The smallest absolute Gasteiger partial charge is 0.407 e. The zero-order chi connectivity index (χ0) is 24.5. The number of ether oxygens (including phenoxy) is 2. The molecule has 2 amide bonds. The van der Waals surface area contributed by atoms with Crippen molar-refractivity contribution in [3.63, 3.8) is 0 Å². The molecule has 5 rings (SSSR count). The van der Waals surface area contributed by atoms with E-state index in [1.165, 1.54) is 16.7 Å². The van der Waals surface area contributed by atoms with Crippen molar-refractivity contribution in [1.29, 1.82) is 0 Å². The van der Waals surface area contributed by atoms with Gasteiger partial charge in [-0.15, -0.1) is 11.8 Å². The topological polar surface area (TPSA) is 105 Å². The summed E-state index contributed by atoms with van der Waals surface area (Å²) < 4.78 is 11.3. The summed E-state index contributed by atoms with van der Waals surface area (Å²) in [5.74, 6) is -1.25. The number of thioether (sulfide) groups is 1. The lowest BCUT2D eigenvalue weighted by atomic mass is 9.98. The van der Waals surface area contributed by atoms with Gasteiger partial charge in [-0.1, -0.05) is 48.5 Å². The molecular formula is C26H28N2O6S. The average Bonchev–Trinajstić information content (AvgIpc) is 3.57. The number of carbonyl (C=O) groups excluding carboxylic acids is 2. The number of fused-ring (bicyclic) bond motifs is 3. The van der Waals surface area contributed by atoms with Crippen LogP contribution in [0.4, 0.5) is 4.79 Å². The molecule has 0 spiro atoms. The Morgan fingerprint density at radius 2 is 1.77 bits per heavy atom. The summed E-state index contributed by atoms with van der Waals surface area (Å²) in [5.41, 5.74) is 4.61. The maximum absolute atomic E-state index is 13.1. The predicted molar refractivity (Wildman–Crippen MR) is 131 cm³/mol. The molecular weight excluding hydrogens is 468 g/mol. The van der Waals surface area contributed by atoms with Gasteiger partial charge in [0.15, 0.2) is 0 Å². The Bertz CT molecular complexity index is 1090. The normalized spacial score (nSPS) is 25.2. The quantitative estimate of drug-likeness (QED) is 0.632. The summed E-state index contributed by atoms with van der Waals surface area (Å²) in [7, 11) is 0. The van der Waals surface area contributed by atoms with Crippen LogP contribution >= 0.6 is 11.8 Å². The first-order valence-electron chi connectivity index (χ1n) is 11.8. The van der Waals surface area contributed by atoms with E-state index in [0.29, 0.717) is 18.8 Å². The Morgan fingerprint density at radius 1 is 1.11 bits per heavy atom. The van der Waals surface area contributed by atoms with E-state index in [2.05, 4.69) is 29.6 Å². The standard InChI is InChI=1S/C26H28N2O6S/c1-15-28(22(14-35-15)25(30)31)24(29)23-16(10-11-33-23)12-27-26(32)34-13-21-19-8-4-2-6-17(19)18-7-3-5-9-20(18)21/h2-9,15-16,21-23H,10-14H2,1H3,(H,27,32)(H,30,31)/t15?,16-,22?,23-/m1/s1. The minimum Gasteiger partial charge on any atom is -0.480 e. The van der Waals surface area contributed by atoms with Gasteiger partial charge in [-0.05, 0) is 35.6 Å². The molecule has 9 heteroatoms. The lowest BCUT2D eigenvalue weighted by Gasteiger charge is -2.29. The lowest BCUT2D eigenvalue weighted by molar-refractivity contribution is -0.154. The summed E-state index contributed by atoms with van der Waals surface area (Å²) in [6, 6.07) is 15.4. The van der Waals surface area contributed by atoms with E-state index in [1.54, 1.807) is 0 Å². The Kier molecular flexibility index (Phi) is 6.71. The molecule has 4 atom stereocenters. The largest absolute Gasteiger partial charge is 0.480 e. The van der Waals surface area contributed by atoms with Crippen molar-refractivity contribution in [3.8, 4) is 11.1 Å². The van der Waals surface area contributed by atoms with Crippen molar-refractivity contribution in [3.05, 3.63) is 59.7 Å². The van der Waals surface area contributed by atoms with Crippen LogP contribution in [0.5, 0.6) is 0 Å². The molecule has 0 radical (unpaired) electrons. The summed E-state index contributed by atoms with van der Waals surface area (Å²) >= 11 is 1.44. The second-order valence-electron chi connectivity index (χ2n) is 9.08. The fourth-order valence-electron chi connectivity index (χ4n) is 5.29. The molecule has 2 unspecified atom stereocenters. The molecule has 2 aromatic rings. The number of nitrogens with zero attached hydrogens (tertiary/aromatic N) is 1. The molecule has 184 valence electrons. The van der Waals surface area contributed by atoms with Crippen LogP contribution in [0.3, 0.4) is 0 Å². The van der Waals surface area contributed by atoms with E-state index in [4.69, 9.17) is 9.47 Å². The van der Waals surface area contributed by atoms with Gasteiger partial charge in [0, 0.05) is 30.7 Å². The third kappa shape index (κ3) is 4.50. The Hall–Kier alpha value is -3.04. The zero-order valence-corrected chi connectivity index (χ0v) is 20.2. The van der Waals surface area contributed by atoms with Crippen molar-refractivity contribution >= 4 is 29.7 Å². The first-order valence-corrected chi connectivity index (χ1v) is 12.9. The molecule has 0 bridgehead atoms. The molecule has 0 aromatic heterocycles. The highest BCUT2D eigenvalue weighted by atomic mass is 32.2. The Balaban J connectivity index is 1.18. The second kappa shape index (κ2) is 9.91. The molecule has 3 aliphatic rings. The Labute approximate surface area is 208 Å². The number of carboxylic acids is 1. The number of amides is 2. The number of aliphatic carboxylic acids is 1. The van der Waals surface area contributed by atoms with E-state index < -0.39 is 24.2 Å². The number of nitrogens with one attached hydrogen (secondary N) is 1. The molecule has 2 aromatic carbocycles. The highest BCUT2D eigenvalue weighted by molar-refractivity contribution is 8.00. The molecule has 35 heavy (non-hydrogen) atoms. The van der Waals surface area contributed by atoms with E-state index >= 15 is 0 Å². The number of benzene rings is 2. The van der Waals surface area contributed by atoms with Crippen molar-refractivity contribution in [1.82, 2.24) is 10.2 Å². The van der Waals surface area contributed by atoms with Gasteiger partial charge in [0.2, 0.25) is 0 Å². The van der Waals surface area contributed by atoms with Gasteiger partial charge < -0.3 is 24.8 Å². The van der Waals surface area contributed by atoms with Crippen LogP contribution in [0, 0.1) is 5.92 Å². The van der Waals surface area contributed by atoms with E-state index in [0.717, 1.165) is 22.3 Å². The van der Waals surface area contributed by atoms with E-state index in [9.17, 15) is 19.5 Å². The van der Waals surface area contributed by atoms with Gasteiger partial charge in [-0.25, -0.2) is 9.59 Å². The van der Waals surface area contributed by atoms with Crippen LogP contribution in [-0.2, 0) is 19.1 Å². The van der Waals surface area contributed by atoms with Crippen molar-refractivity contribution in [2.45, 2.75) is 36.8 Å². The van der Waals surface area contributed by atoms with E-state index in [1.807, 2.05) is 31.2 Å². The minimum atomic E-state index is -1.01. The maximum Gasteiger partial charge on any atom is 0.407 e. The van der Waals surface area contributed by atoms with Crippen molar-refractivity contribution in [2.24, 2.45) is 5.92 Å².